The van der Waals surface area contributed by atoms with Crippen LogP contribution in [0.25, 0.3) is 10.9 Å². The molecule has 0 aliphatic carbocycles. The summed E-state index contributed by atoms with van der Waals surface area (Å²) in [5, 5.41) is 5.93. The van der Waals surface area contributed by atoms with Crippen molar-refractivity contribution < 1.29 is 33.3 Å². The van der Waals surface area contributed by atoms with Crippen LogP contribution in [0, 0.1) is 0 Å². The van der Waals surface area contributed by atoms with Gasteiger partial charge in [-0.1, -0.05) is 41.9 Å². The Hall–Kier alpha value is -4.32. The number of hydrogen-bond donors (Lipinski definition) is 0. The van der Waals surface area contributed by atoms with E-state index in [1.165, 1.54) is 14.2 Å². The van der Waals surface area contributed by atoms with Gasteiger partial charge in [-0.3, -0.25) is 4.68 Å². The van der Waals surface area contributed by atoms with Crippen LogP contribution < -0.4 is 14.2 Å². The molecule has 2 aliphatic rings. The van der Waals surface area contributed by atoms with E-state index >= 15 is 0 Å². The summed E-state index contributed by atoms with van der Waals surface area (Å²) in [4.78, 5) is 31.5. The molecule has 6 rings (SSSR count). The fourth-order valence-corrected chi connectivity index (χ4v) is 6.83. The number of halogens is 1. The Morgan fingerprint density at radius 2 is 1.64 bits per heavy atom. The predicted octanol–water partition coefficient (Wildman–Crippen LogP) is 6.10. The zero-order valence-electron chi connectivity index (χ0n) is 28.8. The molecule has 266 valence electrons. The molecule has 0 N–H and O–H groups in total. The van der Waals surface area contributed by atoms with E-state index in [0.29, 0.717) is 77.9 Å². The SMILES string of the molecule is COc1cc2cc(c1OC)OCCCC(OC(=O)c1cc(Cl)c3cn(Cc4ccccc4)nc3c1)CCN1CCCN(CCCOC2=O)CC1. The maximum absolute atomic E-state index is 13.6. The van der Waals surface area contributed by atoms with Gasteiger partial charge in [0.15, 0.2) is 11.5 Å². The fourth-order valence-electron chi connectivity index (χ4n) is 6.56. The summed E-state index contributed by atoms with van der Waals surface area (Å²) in [7, 11) is 3.04. The third-order valence-corrected chi connectivity index (χ3v) is 9.54. The molecule has 50 heavy (non-hydrogen) atoms. The van der Waals surface area contributed by atoms with E-state index in [1.807, 2.05) is 41.2 Å². The summed E-state index contributed by atoms with van der Waals surface area (Å²) < 4.78 is 30.8. The molecule has 0 radical (unpaired) electrons. The molecule has 4 aromatic rings. The molecule has 0 amide bonds. The maximum atomic E-state index is 13.6. The van der Waals surface area contributed by atoms with Crippen LogP contribution >= 0.6 is 11.6 Å². The van der Waals surface area contributed by atoms with E-state index in [-0.39, 0.29) is 6.10 Å². The van der Waals surface area contributed by atoms with Gasteiger partial charge in [0.25, 0.3) is 0 Å². The van der Waals surface area contributed by atoms with Crippen molar-refractivity contribution in [1.82, 2.24) is 19.6 Å². The minimum Gasteiger partial charge on any atom is -0.493 e. The van der Waals surface area contributed by atoms with Crippen molar-refractivity contribution in [3.8, 4) is 17.2 Å². The number of esters is 2. The van der Waals surface area contributed by atoms with E-state index in [2.05, 4.69) is 9.80 Å². The van der Waals surface area contributed by atoms with E-state index in [4.69, 9.17) is 40.4 Å². The molecule has 1 fully saturated rings. The van der Waals surface area contributed by atoms with Gasteiger partial charge in [-0.25, -0.2) is 9.59 Å². The molecular formula is C38H45ClN4O7. The first kappa shape index (κ1) is 35.5. The van der Waals surface area contributed by atoms with Gasteiger partial charge in [0.05, 0.1) is 55.6 Å². The van der Waals surface area contributed by atoms with Crippen molar-refractivity contribution >= 4 is 34.4 Å². The zero-order chi connectivity index (χ0) is 34.9. The molecule has 1 aromatic heterocycles. The van der Waals surface area contributed by atoms with Crippen LogP contribution in [0.2, 0.25) is 5.02 Å². The number of ether oxygens (including phenoxy) is 5. The van der Waals surface area contributed by atoms with Crippen molar-refractivity contribution in [2.75, 3.05) is 66.7 Å². The normalized spacial score (nSPS) is 20.8. The van der Waals surface area contributed by atoms with Crippen LogP contribution in [0.3, 0.4) is 0 Å². The molecule has 12 heteroatoms. The fraction of sp³-hybridized carbons (Fsp3) is 0.447. The first-order chi connectivity index (χ1) is 24.4. The van der Waals surface area contributed by atoms with Gasteiger partial charge >= 0.3 is 11.9 Å². The maximum Gasteiger partial charge on any atom is 0.338 e. The number of fused-ring (bicyclic) bond motifs is 6. The van der Waals surface area contributed by atoms with E-state index in [0.717, 1.165) is 63.1 Å². The standard InChI is InChI=1S/C38H45ClN4O7/c1-46-34-23-29-24-35(36(34)47-2)48-19-6-11-30(12-16-42-14-7-13-41(17-18-42)15-8-20-49-37(29)44)50-38(45)28-21-32(39)31-26-43(40-33(31)22-28)25-27-9-4-3-5-10-27/h3-5,9-10,21-24,26,30H,6-8,11-20,25H2,1-2H3. The average molecular weight is 705 g/mol. The lowest BCUT2D eigenvalue weighted by atomic mass is 10.1. The summed E-state index contributed by atoms with van der Waals surface area (Å²) in [5.74, 6) is 0.277. The third-order valence-electron chi connectivity index (χ3n) is 9.23. The van der Waals surface area contributed by atoms with Crippen molar-refractivity contribution in [1.29, 1.82) is 0 Å². The molecule has 3 unspecified atom stereocenters. The highest BCUT2D eigenvalue weighted by Crippen LogP contribution is 2.39. The van der Waals surface area contributed by atoms with Crippen LogP contribution in [0.4, 0.5) is 0 Å². The highest BCUT2D eigenvalue weighted by atomic mass is 35.5. The zero-order valence-corrected chi connectivity index (χ0v) is 29.5. The Bertz CT molecular complexity index is 1770. The van der Waals surface area contributed by atoms with Crippen LogP contribution in [-0.2, 0) is 16.0 Å². The van der Waals surface area contributed by atoms with E-state index < -0.39 is 11.9 Å². The Morgan fingerprint density at radius 1 is 0.880 bits per heavy atom. The highest BCUT2D eigenvalue weighted by Gasteiger charge is 2.23. The number of carbonyl (C=O) groups is 2. The summed E-state index contributed by atoms with van der Waals surface area (Å²) in [6.45, 7) is 6.70. The van der Waals surface area contributed by atoms with Crippen LogP contribution in [0.15, 0.2) is 60.8 Å². The number of benzene rings is 3. The number of aromatic nitrogens is 2. The number of methoxy groups -OCH3 is 2. The average Bonchev–Trinajstić information content (AvgIpc) is 3.40. The summed E-state index contributed by atoms with van der Waals surface area (Å²) >= 11 is 6.68. The lowest BCUT2D eigenvalue weighted by Crippen LogP contribution is -2.34. The molecular weight excluding hydrogens is 660 g/mol. The number of carbonyl (C=O) groups excluding carboxylic acids is 2. The second kappa shape index (κ2) is 17.1. The predicted molar refractivity (Wildman–Crippen MR) is 191 cm³/mol. The minimum atomic E-state index is -0.441. The van der Waals surface area contributed by atoms with E-state index in [1.54, 1.807) is 24.3 Å². The lowest BCUT2D eigenvalue weighted by molar-refractivity contribution is 0.0221. The van der Waals surface area contributed by atoms with Crippen LogP contribution in [-0.4, -0.2) is 104 Å². The summed E-state index contributed by atoms with van der Waals surface area (Å²) in [6, 6.07) is 16.7. The molecule has 11 nitrogen and oxygen atoms in total. The van der Waals surface area contributed by atoms with Crippen LogP contribution in [0.1, 0.15) is 58.4 Å². The first-order valence-electron chi connectivity index (χ1n) is 17.3. The number of nitrogens with zero attached hydrogens (tertiary/aromatic N) is 4. The summed E-state index contributed by atoms with van der Waals surface area (Å²) in [5.41, 5.74) is 2.45. The van der Waals surface area contributed by atoms with Gasteiger partial charge in [-0.15, -0.1) is 0 Å². The van der Waals surface area contributed by atoms with Gasteiger partial charge in [-0.05, 0) is 75.0 Å². The molecule has 4 bridgehead atoms. The van der Waals surface area contributed by atoms with Gasteiger partial charge in [-0.2, -0.15) is 5.10 Å². The van der Waals surface area contributed by atoms with Gasteiger partial charge in [0.2, 0.25) is 5.75 Å². The highest BCUT2D eigenvalue weighted by molar-refractivity contribution is 6.35. The second-order valence-electron chi connectivity index (χ2n) is 12.7. The Balaban J connectivity index is 1.19. The molecule has 0 spiro atoms. The molecule has 3 heterocycles. The number of cyclic esters (lactones) is 1. The number of rotatable bonds is 6. The topological polar surface area (TPSA) is 105 Å². The molecule has 1 saturated heterocycles. The summed E-state index contributed by atoms with van der Waals surface area (Å²) in [6.07, 6.45) is 5.19. The Labute approximate surface area is 297 Å². The van der Waals surface area contributed by atoms with Gasteiger partial charge in [0.1, 0.15) is 6.10 Å². The molecule has 0 saturated carbocycles. The quantitative estimate of drug-likeness (QED) is 0.219. The second-order valence-corrected chi connectivity index (χ2v) is 13.2. The van der Waals surface area contributed by atoms with Gasteiger partial charge < -0.3 is 33.5 Å². The molecule has 3 aromatic carbocycles. The van der Waals surface area contributed by atoms with Crippen LogP contribution in [0.5, 0.6) is 17.2 Å². The molecule has 3 atom stereocenters. The van der Waals surface area contributed by atoms with E-state index in [9.17, 15) is 9.59 Å². The molecule has 2 aliphatic heterocycles. The van der Waals surface area contributed by atoms with Crippen molar-refractivity contribution in [2.45, 2.75) is 44.8 Å². The monoisotopic (exact) mass is 704 g/mol. The van der Waals surface area contributed by atoms with Crippen molar-refractivity contribution in [3.63, 3.8) is 0 Å². The first-order valence-corrected chi connectivity index (χ1v) is 17.7. The number of hydrogen-bond acceptors (Lipinski definition) is 10. The smallest absolute Gasteiger partial charge is 0.338 e. The lowest BCUT2D eigenvalue weighted by Gasteiger charge is -2.24. The van der Waals surface area contributed by atoms with Gasteiger partial charge in [0, 0.05) is 37.8 Å². The minimum absolute atomic E-state index is 0.307. The largest absolute Gasteiger partial charge is 0.493 e. The van der Waals surface area contributed by atoms with Crippen molar-refractivity contribution in [2.24, 2.45) is 0 Å². The third kappa shape index (κ3) is 9.07. The van der Waals surface area contributed by atoms with Crippen molar-refractivity contribution in [3.05, 3.63) is 82.5 Å². The Morgan fingerprint density at radius 3 is 2.42 bits per heavy atom. The Kier molecular flexibility index (Phi) is 12.1.